The summed E-state index contributed by atoms with van der Waals surface area (Å²) >= 11 is 0. The van der Waals surface area contributed by atoms with Crippen molar-refractivity contribution in [2.45, 2.75) is 56.4 Å². The number of methoxy groups -OCH3 is 1. The maximum Gasteiger partial charge on any atom is 0.254 e. The Hall–Kier alpha value is -2.42. The van der Waals surface area contributed by atoms with Gasteiger partial charge in [0.15, 0.2) is 0 Å². The lowest BCUT2D eigenvalue weighted by atomic mass is 10.1. The molecule has 7 nitrogen and oxygen atoms in total. The van der Waals surface area contributed by atoms with Gasteiger partial charge in [0.2, 0.25) is 10.0 Å². The summed E-state index contributed by atoms with van der Waals surface area (Å²) in [7, 11) is -2.01. The van der Waals surface area contributed by atoms with Crippen LogP contribution in [-0.4, -0.2) is 62.0 Å². The molecule has 2 atom stereocenters. The Morgan fingerprint density at radius 1 is 1.03 bits per heavy atom. The van der Waals surface area contributed by atoms with Gasteiger partial charge in [0.05, 0.1) is 24.2 Å². The number of sulfonamides is 1. The first-order valence-corrected chi connectivity index (χ1v) is 12.4. The van der Waals surface area contributed by atoms with Crippen molar-refractivity contribution in [3.63, 3.8) is 0 Å². The molecule has 0 unspecified atom stereocenters. The number of rotatable bonds is 7. The number of benzene rings is 2. The van der Waals surface area contributed by atoms with Crippen LogP contribution in [-0.2, 0) is 21.3 Å². The number of amides is 1. The molecule has 1 saturated carbocycles. The zero-order valence-electron chi connectivity index (χ0n) is 18.7. The third-order valence-electron chi connectivity index (χ3n) is 5.89. The summed E-state index contributed by atoms with van der Waals surface area (Å²) in [6, 6.07) is 14.2. The van der Waals surface area contributed by atoms with E-state index in [0.29, 0.717) is 25.2 Å². The summed E-state index contributed by atoms with van der Waals surface area (Å²) in [5.41, 5.74) is 1.52. The topological polar surface area (TPSA) is 76.2 Å². The third kappa shape index (κ3) is 4.98. The predicted octanol–water partition coefficient (Wildman–Crippen LogP) is 3.30. The summed E-state index contributed by atoms with van der Waals surface area (Å²) in [4.78, 5) is 15.3. The first-order chi connectivity index (χ1) is 15.3. The molecule has 0 aromatic heterocycles. The highest BCUT2D eigenvalue weighted by atomic mass is 32.2. The summed E-state index contributed by atoms with van der Waals surface area (Å²) in [5.74, 6) is 0.694. The van der Waals surface area contributed by atoms with E-state index in [4.69, 9.17) is 9.47 Å². The van der Waals surface area contributed by atoms with Crippen molar-refractivity contribution in [3.8, 4) is 5.75 Å². The van der Waals surface area contributed by atoms with Crippen molar-refractivity contribution in [1.82, 2.24) is 9.21 Å². The highest BCUT2D eigenvalue weighted by Crippen LogP contribution is 2.30. The van der Waals surface area contributed by atoms with Gasteiger partial charge in [-0.25, -0.2) is 8.42 Å². The van der Waals surface area contributed by atoms with E-state index in [9.17, 15) is 13.2 Å². The molecule has 0 radical (unpaired) electrons. The first-order valence-electron chi connectivity index (χ1n) is 11.0. The van der Waals surface area contributed by atoms with Gasteiger partial charge in [0.1, 0.15) is 5.75 Å². The Labute approximate surface area is 190 Å². The summed E-state index contributed by atoms with van der Waals surface area (Å²) in [6.45, 7) is 4.90. The minimum atomic E-state index is -3.63. The predicted molar refractivity (Wildman–Crippen MR) is 121 cm³/mol. The van der Waals surface area contributed by atoms with Gasteiger partial charge >= 0.3 is 0 Å². The van der Waals surface area contributed by atoms with E-state index in [1.54, 1.807) is 19.2 Å². The second-order valence-electron chi connectivity index (χ2n) is 8.62. The van der Waals surface area contributed by atoms with Crippen molar-refractivity contribution in [2.75, 3.05) is 20.2 Å². The molecule has 8 heteroatoms. The van der Waals surface area contributed by atoms with Crippen molar-refractivity contribution < 1.29 is 22.7 Å². The fourth-order valence-electron chi connectivity index (χ4n) is 4.09. The van der Waals surface area contributed by atoms with Crippen LogP contribution in [0.4, 0.5) is 0 Å². The van der Waals surface area contributed by atoms with Gasteiger partial charge in [-0.15, -0.1) is 0 Å². The van der Waals surface area contributed by atoms with E-state index >= 15 is 0 Å². The van der Waals surface area contributed by atoms with Crippen LogP contribution in [0.15, 0.2) is 53.4 Å². The van der Waals surface area contributed by atoms with Crippen LogP contribution in [0.3, 0.4) is 0 Å². The number of carbonyl (C=O) groups excluding carboxylic acids is 1. The van der Waals surface area contributed by atoms with Gasteiger partial charge in [0, 0.05) is 31.2 Å². The molecule has 1 amide bonds. The molecular formula is C24H30N2O5S. The SMILES string of the molecule is COc1ccc(CN(C(=O)c2ccc(S(=O)(=O)N3C[C@@H](C)O[C@@H](C)C3)cc2)C2CC2)cc1. The number of hydrogen-bond acceptors (Lipinski definition) is 5. The van der Waals surface area contributed by atoms with Crippen molar-refractivity contribution in [2.24, 2.45) is 0 Å². The zero-order chi connectivity index (χ0) is 22.9. The molecule has 2 aromatic carbocycles. The van der Waals surface area contributed by atoms with Crippen LogP contribution in [0.2, 0.25) is 0 Å². The standard InChI is InChI=1S/C24H30N2O5S/c1-17-14-25(15-18(2)31-17)32(28,29)23-12-6-20(7-13-23)24(27)26(21-8-9-21)16-19-4-10-22(30-3)11-5-19/h4-7,10-13,17-18,21H,8-9,14-16H2,1-3H3/t17-,18+. The van der Waals surface area contributed by atoms with E-state index in [0.717, 1.165) is 24.2 Å². The van der Waals surface area contributed by atoms with E-state index in [1.165, 1.54) is 16.4 Å². The number of ether oxygens (including phenoxy) is 2. The maximum atomic E-state index is 13.2. The number of hydrogen-bond donors (Lipinski definition) is 0. The minimum absolute atomic E-state index is 0.0825. The Balaban J connectivity index is 1.50. The molecule has 2 aromatic rings. The molecule has 1 aliphatic heterocycles. The largest absolute Gasteiger partial charge is 0.497 e. The fraction of sp³-hybridized carbons (Fsp3) is 0.458. The van der Waals surface area contributed by atoms with Crippen LogP contribution in [0.5, 0.6) is 5.75 Å². The van der Waals surface area contributed by atoms with Crippen LogP contribution < -0.4 is 4.74 Å². The molecule has 2 fully saturated rings. The Morgan fingerprint density at radius 2 is 1.62 bits per heavy atom. The van der Waals surface area contributed by atoms with Gasteiger partial charge in [0.25, 0.3) is 5.91 Å². The highest BCUT2D eigenvalue weighted by Gasteiger charge is 2.34. The number of nitrogens with zero attached hydrogens (tertiary/aromatic N) is 2. The average Bonchev–Trinajstić information content (AvgIpc) is 3.62. The van der Waals surface area contributed by atoms with E-state index in [1.807, 2.05) is 43.0 Å². The Kier molecular flexibility index (Phi) is 6.55. The monoisotopic (exact) mass is 458 g/mol. The van der Waals surface area contributed by atoms with Crippen LogP contribution in [0.25, 0.3) is 0 Å². The van der Waals surface area contributed by atoms with Gasteiger partial charge < -0.3 is 14.4 Å². The van der Waals surface area contributed by atoms with Crippen LogP contribution in [0, 0.1) is 0 Å². The molecule has 4 rings (SSSR count). The number of morpholine rings is 1. The Bertz CT molecular complexity index is 1040. The molecule has 172 valence electrons. The van der Waals surface area contributed by atoms with Crippen LogP contribution >= 0.6 is 0 Å². The molecule has 1 saturated heterocycles. The second-order valence-corrected chi connectivity index (χ2v) is 10.6. The fourth-order valence-corrected chi connectivity index (χ4v) is 5.68. The molecule has 0 spiro atoms. The highest BCUT2D eigenvalue weighted by molar-refractivity contribution is 7.89. The quantitative estimate of drug-likeness (QED) is 0.636. The van der Waals surface area contributed by atoms with Gasteiger partial charge in [-0.1, -0.05) is 12.1 Å². The van der Waals surface area contributed by atoms with Crippen molar-refractivity contribution in [1.29, 1.82) is 0 Å². The third-order valence-corrected chi connectivity index (χ3v) is 7.73. The molecular weight excluding hydrogens is 428 g/mol. The summed E-state index contributed by atoms with van der Waals surface area (Å²) in [5, 5.41) is 0. The summed E-state index contributed by atoms with van der Waals surface area (Å²) in [6.07, 6.45) is 1.67. The van der Waals surface area contributed by atoms with E-state index < -0.39 is 10.0 Å². The smallest absolute Gasteiger partial charge is 0.254 e. The second kappa shape index (κ2) is 9.21. The van der Waals surface area contributed by atoms with Crippen molar-refractivity contribution >= 4 is 15.9 Å². The average molecular weight is 459 g/mol. The lowest BCUT2D eigenvalue weighted by Gasteiger charge is -2.34. The van der Waals surface area contributed by atoms with Gasteiger partial charge in [-0.2, -0.15) is 4.31 Å². The summed E-state index contributed by atoms with van der Waals surface area (Å²) < 4.78 is 38.5. The van der Waals surface area contributed by atoms with Crippen molar-refractivity contribution in [3.05, 3.63) is 59.7 Å². The normalized spacial score (nSPS) is 21.8. The lowest BCUT2D eigenvalue weighted by molar-refractivity contribution is -0.0440. The molecule has 0 N–H and O–H groups in total. The van der Waals surface area contributed by atoms with E-state index in [-0.39, 0.29) is 29.1 Å². The Morgan fingerprint density at radius 3 is 2.16 bits per heavy atom. The molecule has 1 aliphatic carbocycles. The molecule has 2 aliphatic rings. The molecule has 0 bridgehead atoms. The molecule has 1 heterocycles. The minimum Gasteiger partial charge on any atom is -0.497 e. The van der Waals surface area contributed by atoms with Gasteiger partial charge in [-0.05, 0) is 68.7 Å². The first kappa shape index (κ1) is 22.8. The van der Waals surface area contributed by atoms with E-state index in [2.05, 4.69) is 0 Å². The van der Waals surface area contributed by atoms with Crippen LogP contribution in [0.1, 0.15) is 42.6 Å². The zero-order valence-corrected chi connectivity index (χ0v) is 19.5. The van der Waals surface area contributed by atoms with Gasteiger partial charge in [-0.3, -0.25) is 4.79 Å². The molecule has 32 heavy (non-hydrogen) atoms. The lowest BCUT2D eigenvalue weighted by Crippen LogP contribution is -2.48. The number of carbonyl (C=O) groups is 1. The maximum absolute atomic E-state index is 13.2.